The van der Waals surface area contributed by atoms with Crippen LogP contribution < -0.4 is 5.32 Å². The van der Waals surface area contributed by atoms with E-state index < -0.39 is 0 Å². The fraction of sp³-hybridized carbons (Fsp3) is 0.182. The van der Waals surface area contributed by atoms with Gasteiger partial charge in [0.05, 0.1) is 0 Å². The topological polar surface area (TPSA) is 29.1 Å². The largest absolute Gasteiger partial charge is 0.394 e. The van der Waals surface area contributed by atoms with Crippen molar-refractivity contribution in [2.75, 3.05) is 7.05 Å². The van der Waals surface area contributed by atoms with Gasteiger partial charge in [-0.1, -0.05) is 30.3 Å². The standard InChI is InChI=1S/C11H13NO/c1-9(8-12-2)11(13)10-6-4-3-5-7-10/h3-8,12H,1-2H3/b9-8+. The summed E-state index contributed by atoms with van der Waals surface area (Å²) in [6, 6.07) is 9.25. The monoisotopic (exact) mass is 175 g/mol. The van der Waals surface area contributed by atoms with Crippen LogP contribution in [0, 0.1) is 0 Å². The first-order valence-electron chi connectivity index (χ1n) is 4.19. The van der Waals surface area contributed by atoms with Crippen molar-refractivity contribution in [3.8, 4) is 0 Å². The zero-order valence-corrected chi connectivity index (χ0v) is 7.87. The average molecular weight is 175 g/mol. The summed E-state index contributed by atoms with van der Waals surface area (Å²) in [5.74, 6) is 0.0648. The van der Waals surface area contributed by atoms with Crippen LogP contribution in [0.15, 0.2) is 42.1 Å². The highest BCUT2D eigenvalue weighted by atomic mass is 16.1. The van der Waals surface area contributed by atoms with Crippen LogP contribution in [0.3, 0.4) is 0 Å². The van der Waals surface area contributed by atoms with Crippen molar-refractivity contribution < 1.29 is 4.79 Å². The van der Waals surface area contributed by atoms with E-state index in [2.05, 4.69) is 5.32 Å². The van der Waals surface area contributed by atoms with Gasteiger partial charge < -0.3 is 5.32 Å². The second-order valence-corrected chi connectivity index (χ2v) is 2.81. The highest BCUT2D eigenvalue weighted by Gasteiger charge is 2.05. The number of carbonyl (C=O) groups is 1. The third-order valence-corrected chi connectivity index (χ3v) is 1.75. The van der Waals surface area contributed by atoms with Crippen molar-refractivity contribution in [3.63, 3.8) is 0 Å². The SMILES string of the molecule is CN/C=C(\C)C(=O)c1ccccc1. The normalized spacial score (nSPS) is 11.1. The number of rotatable bonds is 3. The summed E-state index contributed by atoms with van der Waals surface area (Å²) >= 11 is 0. The van der Waals surface area contributed by atoms with Gasteiger partial charge in [-0.3, -0.25) is 4.79 Å². The van der Waals surface area contributed by atoms with Gasteiger partial charge in [0, 0.05) is 24.4 Å². The van der Waals surface area contributed by atoms with E-state index in [4.69, 9.17) is 0 Å². The molecule has 2 heteroatoms. The van der Waals surface area contributed by atoms with E-state index in [-0.39, 0.29) is 5.78 Å². The van der Waals surface area contributed by atoms with Gasteiger partial charge in [-0.05, 0) is 6.92 Å². The number of nitrogens with one attached hydrogen (secondary N) is 1. The number of hydrogen-bond donors (Lipinski definition) is 1. The van der Waals surface area contributed by atoms with Gasteiger partial charge in [0.25, 0.3) is 0 Å². The Hall–Kier alpha value is -1.57. The Morgan fingerprint density at radius 3 is 2.46 bits per heavy atom. The molecule has 0 aliphatic rings. The van der Waals surface area contributed by atoms with Crippen molar-refractivity contribution in [2.24, 2.45) is 0 Å². The summed E-state index contributed by atoms with van der Waals surface area (Å²) in [6.45, 7) is 1.80. The zero-order chi connectivity index (χ0) is 9.68. The van der Waals surface area contributed by atoms with Crippen LogP contribution >= 0.6 is 0 Å². The quantitative estimate of drug-likeness (QED) is 0.562. The number of benzene rings is 1. The minimum atomic E-state index is 0.0648. The number of hydrogen-bond acceptors (Lipinski definition) is 2. The molecule has 0 aromatic heterocycles. The molecule has 13 heavy (non-hydrogen) atoms. The van der Waals surface area contributed by atoms with Gasteiger partial charge in [0.2, 0.25) is 0 Å². The van der Waals surface area contributed by atoms with E-state index in [1.165, 1.54) is 0 Å². The molecule has 0 heterocycles. The second-order valence-electron chi connectivity index (χ2n) is 2.81. The van der Waals surface area contributed by atoms with Crippen LogP contribution in [-0.2, 0) is 0 Å². The molecule has 0 radical (unpaired) electrons. The lowest BCUT2D eigenvalue weighted by Gasteiger charge is -1.99. The third kappa shape index (κ3) is 2.44. The number of allylic oxidation sites excluding steroid dienone is 1. The number of carbonyl (C=O) groups excluding carboxylic acids is 1. The molecule has 1 aromatic rings. The summed E-state index contributed by atoms with van der Waals surface area (Å²) in [5, 5.41) is 2.84. The molecule has 2 nitrogen and oxygen atoms in total. The van der Waals surface area contributed by atoms with Crippen LogP contribution in [-0.4, -0.2) is 12.8 Å². The Morgan fingerprint density at radius 2 is 1.92 bits per heavy atom. The molecule has 1 N–H and O–H groups in total. The molecule has 0 bridgehead atoms. The van der Waals surface area contributed by atoms with E-state index in [0.717, 1.165) is 5.56 Å². The van der Waals surface area contributed by atoms with Gasteiger partial charge in [-0.15, -0.1) is 0 Å². The lowest BCUT2D eigenvalue weighted by atomic mass is 10.1. The molecule has 0 amide bonds. The molecule has 0 saturated heterocycles. The molecule has 1 aromatic carbocycles. The lowest BCUT2D eigenvalue weighted by Crippen LogP contribution is -2.04. The molecule has 1 rings (SSSR count). The Morgan fingerprint density at radius 1 is 1.31 bits per heavy atom. The van der Waals surface area contributed by atoms with Crippen LogP contribution in [0.25, 0.3) is 0 Å². The summed E-state index contributed by atoms with van der Waals surface area (Å²) < 4.78 is 0. The molecule has 0 aliphatic heterocycles. The zero-order valence-electron chi connectivity index (χ0n) is 7.87. The smallest absolute Gasteiger partial charge is 0.190 e. The average Bonchev–Trinajstić information content (AvgIpc) is 2.18. The Kier molecular flexibility index (Phi) is 3.26. The third-order valence-electron chi connectivity index (χ3n) is 1.75. The van der Waals surface area contributed by atoms with Crippen LogP contribution in [0.1, 0.15) is 17.3 Å². The number of Topliss-reactive ketones (excluding diaryl/α,β-unsaturated/α-hetero) is 1. The molecule has 68 valence electrons. The van der Waals surface area contributed by atoms with Crippen molar-refractivity contribution in [2.45, 2.75) is 6.92 Å². The van der Waals surface area contributed by atoms with E-state index in [9.17, 15) is 4.79 Å². The first kappa shape index (κ1) is 9.52. The maximum atomic E-state index is 11.6. The minimum absolute atomic E-state index is 0.0648. The molecule has 0 atom stereocenters. The maximum absolute atomic E-state index is 11.6. The van der Waals surface area contributed by atoms with Crippen molar-refractivity contribution >= 4 is 5.78 Å². The summed E-state index contributed by atoms with van der Waals surface area (Å²) in [5.41, 5.74) is 1.44. The van der Waals surface area contributed by atoms with E-state index in [1.54, 1.807) is 20.2 Å². The summed E-state index contributed by atoms with van der Waals surface area (Å²) in [7, 11) is 1.78. The molecule has 0 unspecified atom stereocenters. The molecular formula is C11H13NO. The van der Waals surface area contributed by atoms with E-state index in [1.807, 2.05) is 30.3 Å². The molecule has 0 fully saturated rings. The van der Waals surface area contributed by atoms with Crippen LogP contribution in [0.4, 0.5) is 0 Å². The van der Waals surface area contributed by atoms with Gasteiger partial charge >= 0.3 is 0 Å². The van der Waals surface area contributed by atoms with E-state index in [0.29, 0.717) is 5.57 Å². The highest BCUT2D eigenvalue weighted by Crippen LogP contribution is 2.06. The predicted octanol–water partition coefficient (Wildman–Crippen LogP) is 1.99. The fourth-order valence-electron chi connectivity index (χ4n) is 1.10. The Balaban J connectivity index is 2.86. The number of ketones is 1. The van der Waals surface area contributed by atoms with Gasteiger partial charge in [-0.2, -0.15) is 0 Å². The first-order chi connectivity index (χ1) is 6.25. The second kappa shape index (κ2) is 4.45. The molecule has 0 spiro atoms. The van der Waals surface area contributed by atoms with Crippen LogP contribution in [0.2, 0.25) is 0 Å². The molecular weight excluding hydrogens is 162 g/mol. The maximum Gasteiger partial charge on any atom is 0.190 e. The summed E-state index contributed by atoms with van der Waals surface area (Å²) in [6.07, 6.45) is 1.70. The fourth-order valence-corrected chi connectivity index (χ4v) is 1.10. The van der Waals surface area contributed by atoms with Crippen molar-refractivity contribution in [1.29, 1.82) is 0 Å². The summed E-state index contributed by atoms with van der Waals surface area (Å²) in [4.78, 5) is 11.6. The van der Waals surface area contributed by atoms with Crippen molar-refractivity contribution in [1.82, 2.24) is 5.32 Å². The lowest BCUT2D eigenvalue weighted by molar-refractivity contribution is 0.103. The predicted molar refractivity (Wildman–Crippen MR) is 53.6 cm³/mol. The molecule has 0 saturated carbocycles. The highest BCUT2D eigenvalue weighted by molar-refractivity contribution is 6.08. The van der Waals surface area contributed by atoms with Crippen LogP contribution in [0.5, 0.6) is 0 Å². The van der Waals surface area contributed by atoms with Gasteiger partial charge in [0.15, 0.2) is 5.78 Å². The van der Waals surface area contributed by atoms with Crippen molar-refractivity contribution in [3.05, 3.63) is 47.7 Å². The van der Waals surface area contributed by atoms with E-state index >= 15 is 0 Å². The Bertz CT molecular complexity index is 314. The minimum Gasteiger partial charge on any atom is -0.394 e. The van der Waals surface area contributed by atoms with Gasteiger partial charge in [-0.25, -0.2) is 0 Å². The molecule has 0 aliphatic carbocycles. The Labute approximate surface area is 78.3 Å². The first-order valence-corrected chi connectivity index (χ1v) is 4.19. The van der Waals surface area contributed by atoms with Gasteiger partial charge in [0.1, 0.15) is 0 Å².